The Kier molecular flexibility index (Phi) is 31.7. The van der Waals surface area contributed by atoms with Gasteiger partial charge in [-0.15, -0.1) is 0 Å². The number of aromatic nitrogens is 4. The molecule has 0 unspecified atom stereocenters. The number of methoxy groups -OCH3 is 4. The van der Waals surface area contributed by atoms with Crippen molar-refractivity contribution < 1.29 is 76.9 Å². The molecule has 0 spiro atoms. The van der Waals surface area contributed by atoms with Crippen molar-refractivity contribution in [3.63, 3.8) is 0 Å². The number of hydrogen-bond acceptors (Lipinski definition) is 24. The van der Waals surface area contributed by atoms with E-state index in [-0.39, 0.29) is 67.0 Å². The second-order valence-corrected chi connectivity index (χ2v) is 29.5. The monoisotopic (exact) mass is 1420 g/mol. The van der Waals surface area contributed by atoms with Gasteiger partial charge in [0.1, 0.15) is 30.5 Å². The molecular formula is C77H117N9O16. The fraction of sp³-hybridized carbons (Fsp3) is 0.714. The molecule has 566 valence electrons. The van der Waals surface area contributed by atoms with Crippen molar-refractivity contribution in [3.05, 3.63) is 83.5 Å². The minimum atomic E-state index is -2.45. The molecule has 8 rings (SSSR count). The summed E-state index contributed by atoms with van der Waals surface area (Å²) in [6, 6.07) is -1.13. The molecule has 0 aromatic carbocycles. The zero-order valence-electron chi connectivity index (χ0n) is 62.7. The molecule has 2 N–H and O–H groups in total. The number of amides is 1. The molecule has 7 heterocycles. The first-order valence-electron chi connectivity index (χ1n) is 37.3. The predicted molar refractivity (Wildman–Crippen MR) is 385 cm³/mol. The quantitative estimate of drug-likeness (QED) is 0.0425. The van der Waals surface area contributed by atoms with E-state index in [0.29, 0.717) is 107 Å². The zero-order chi connectivity index (χ0) is 73.6. The van der Waals surface area contributed by atoms with Crippen LogP contribution in [-0.4, -0.2) is 254 Å². The first-order valence-corrected chi connectivity index (χ1v) is 37.3. The molecule has 102 heavy (non-hydrogen) atoms. The summed E-state index contributed by atoms with van der Waals surface area (Å²) in [4.78, 5) is 112. The highest BCUT2D eigenvalue weighted by atomic mass is 16.6. The second kappa shape index (κ2) is 39.7. The van der Waals surface area contributed by atoms with Crippen LogP contribution in [0.25, 0.3) is 0 Å². The Hall–Kier alpha value is -6.26. The lowest BCUT2D eigenvalue weighted by Gasteiger charge is -2.43. The molecule has 1 aliphatic carbocycles. The number of ether oxygens (including phenoxy) is 8. The summed E-state index contributed by atoms with van der Waals surface area (Å²) in [7, 11) is 6.21. The molecule has 5 aliphatic heterocycles. The molecule has 25 nitrogen and oxygen atoms in total. The number of rotatable bonds is 20. The Morgan fingerprint density at radius 1 is 0.696 bits per heavy atom. The zero-order valence-corrected chi connectivity index (χ0v) is 62.7. The van der Waals surface area contributed by atoms with E-state index in [0.717, 1.165) is 76.6 Å². The van der Waals surface area contributed by atoms with Gasteiger partial charge in [-0.2, -0.15) is 0 Å². The molecule has 2 bridgehead atoms. The van der Waals surface area contributed by atoms with Crippen LogP contribution in [0.5, 0.6) is 0 Å². The Balaban J connectivity index is 0.855. The maximum atomic E-state index is 14.9. The molecule has 1 saturated carbocycles. The third kappa shape index (κ3) is 22.6. The number of carbonyl (C=O) groups is 6. The smallest absolute Gasteiger partial charge is 0.329 e. The van der Waals surface area contributed by atoms with E-state index in [1.165, 1.54) is 18.9 Å². The second-order valence-electron chi connectivity index (χ2n) is 29.5. The molecule has 0 radical (unpaired) electrons. The van der Waals surface area contributed by atoms with Crippen LogP contribution in [0.3, 0.4) is 0 Å². The topological polar surface area (TPSA) is 284 Å². The van der Waals surface area contributed by atoms with E-state index in [4.69, 9.17) is 37.9 Å². The standard InChI is InChI=1S/C77H117N9O16/c1-50-18-14-13-15-19-51(2)64(95-9)44-61-24-21-56(7)77(94,102-61)72(91)73(92)86-27-17-16-20-62(86)74(93)101-66(45-65(96-10)52(3)41-55(6)70(90)71(98-12)69(89)54(5)40-50)53(4)42-58-22-25-63(67(43-58)97-11)100-68(88)26-23-59-46-78-75(79-47-59)84-32-28-82(29-33-84)36-38-99-39-37-83-30-34-85(35-31-83)76-80-48-60(49-81-76)57(8)87/h13-15,18-19,41,46-50,52-54,56,58,61-67,70-71,90,94H,16-17,20-40,42-45H2,1-12H3/b15-13+,18-14+,51-19+,55-41+/t50-,52-,53-,54-,56-,58+,61+,62+,63-,64+,65-,66+,67-,70-,71+,77-/m1/s1. The lowest BCUT2D eigenvalue weighted by Crippen LogP contribution is -2.61. The molecule has 6 aliphatic rings. The van der Waals surface area contributed by atoms with Gasteiger partial charge in [0, 0.05) is 162 Å². The van der Waals surface area contributed by atoms with Crippen molar-refractivity contribution >= 4 is 47.1 Å². The van der Waals surface area contributed by atoms with Gasteiger partial charge in [0.05, 0.1) is 43.2 Å². The molecule has 2 aromatic heterocycles. The summed E-state index contributed by atoms with van der Waals surface area (Å²) in [5, 5.41) is 24.0. The van der Waals surface area contributed by atoms with E-state index in [1.54, 1.807) is 60.0 Å². The molecule has 2 aromatic rings. The molecule has 16 atom stereocenters. The van der Waals surface area contributed by atoms with Crippen molar-refractivity contribution in [1.29, 1.82) is 0 Å². The average molecular weight is 1420 g/mol. The number of anilines is 2. The van der Waals surface area contributed by atoms with Crippen LogP contribution in [0.1, 0.15) is 155 Å². The Morgan fingerprint density at radius 2 is 1.33 bits per heavy atom. The number of nitrogens with zero attached hydrogens (tertiary/aromatic N) is 9. The highest BCUT2D eigenvalue weighted by molar-refractivity contribution is 6.39. The average Bonchev–Trinajstić information content (AvgIpc) is 0.773. The summed E-state index contributed by atoms with van der Waals surface area (Å²) < 4.78 is 49.0. The number of piperidine rings is 1. The number of aliphatic hydroxyl groups excluding tert-OH is 1. The van der Waals surface area contributed by atoms with Gasteiger partial charge in [-0.25, -0.2) is 24.7 Å². The predicted octanol–water partition coefficient (Wildman–Crippen LogP) is 7.55. The number of fused-ring (bicyclic) bond motifs is 3. The van der Waals surface area contributed by atoms with Crippen molar-refractivity contribution in [2.45, 2.75) is 206 Å². The summed E-state index contributed by atoms with van der Waals surface area (Å²) >= 11 is 0. The number of Topliss-reactive ketones (excluding diaryl/α,β-unsaturated/α-hetero) is 3. The van der Waals surface area contributed by atoms with Crippen LogP contribution in [0.4, 0.5) is 11.9 Å². The van der Waals surface area contributed by atoms with Crippen molar-refractivity contribution in [3.8, 4) is 0 Å². The van der Waals surface area contributed by atoms with E-state index in [9.17, 15) is 39.0 Å². The molecule has 1 amide bonds. The van der Waals surface area contributed by atoms with Crippen molar-refractivity contribution in [1.82, 2.24) is 34.6 Å². The van der Waals surface area contributed by atoms with Crippen molar-refractivity contribution in [2.75, 3.05) is 123 Å². The van der Waals surface area contributed by atoms with Gasteiger partial charge < -0.3 is 62.8 Å². The third-order valence-electron chi connectivity index (χ3n) is 22.0. The van der Waals surface area contributed by atoms with Crippen LogP contribution in [-0.2, 0) is 68.3 Å². The Morgan fingerprint density at radius 3 is 1.94 bits per heavy atom. The first kappa shape index (κ1) is 81.4. The maximum absolute atomic E-state index is 14.9. The summed E-state index contributed by atoms with van der Waals surface area (Å²) in [5.74, 6) is -6.27. The lowest BCUT2D eigenvalue weighted by atomic mass is 9.78. The maximum Gasteiger partial charge on any atom is 0.329 e. The minimum absolute atomic E-state index is 0.0178. The largest absolute Gasteiger partial charge is 0.460 e. The lowest BCUT2D eigenvalue weighted by molar-refractivity contribution is -0.265. The number of carbonyl (C=O) groups excluding carboxylic acids is 6. The van der Waals surface area contributed by atoms with E-state index in [2.05, 4.69) is 39.5 Å². The molecule has 5 fully saturated rings. The summed E-state index contributed by atoms with van der Waals surface area (Å²) in [6.45, 7) is 24.6. The number of allylic oxidation sites excluding steroid dienone is 5. The minimum Gasteiger partial charge on any atom is -0.460 e. The SMILES string of the molecule is CO[C@H]1C[C@@H]2CC[C@@H](C)[C@@](O)(O2)C(=O)C(=O)N2CCCC[C@H]2C(=O)O[C@H]([C@H](C)C[C@@H]2CC[C@@H](OC(=O)CCc3cnc(N4CCN(CCOCCN5CCN(c6ncc(C(C)=O)cn6)CC5)CC4)nc3)[C@H](OC)C2)C[C@@H](OC)[C@H](C)/C=C(\C)[C@@H](O)[C@@H](OC)C(=O)[C@H](C)C[C@H](C)/C=C/C=C/C=C/1C. The van der Waals surface area contributed by atoms with Crippen LogP contribution in [0.15, 0.2) is 72.4 Å². The van der Waals surface area contributed by atoms with Gasteiger partial charge in [0.15, 0.2) is 11.6 Å². The van der Waals surface area contributed by atoms with E-state index in [1.807, 2.05) is 71.1 Å². The molecule has 4 saturated heterocycles. The molecular weight excluding hydrogens is 1310 g/mol. The van der Waals surface area contributed by atoms with Gasteiger partial charge >= 0.3 is 11.9 Å². The van der Waals surface area contributed by atoms with Gasteiger partial charge in [-0.3, -0.25) is 33.8 Å². The summed E-state index contributed by atoms with van der Waals surface area (Å²) in [6.07, 6.45) is 18.9. The number of esters is 2. The highest BCUT2D eigenvalue weighted by Crippen LogP contribution is 2.39. The highest BCUT2D eigenvalue weighted by Gasteiger charge is 2.53. The van der Waals surface area contributed by atoms with Crippen LogP contribution < -0.4 is 9.80 Å². The normalized spacial score (nSPS) is 32.9. The number of aliphatic hydroxyl groups is 2. The van der Waals surface area contributed by atoms with Gasteiger partial charge in [-0.1, -0.05) is 71.1 Å². The van der Waals surface area contributed by atoms with Crippen LogP contribution in [0.2, 0.25) is 0 Å². The van der Waals surface area contributed by atoms with E-state index < -0.39 is 90.2 Å². The van der Waals surface area contributed by atoms with Gasteiger partial charge in [-0.05, 0) is 126 Å². The van der Waals surface area contributed by atoms with Gasteiger partial charge in [0.25, 0.3) is 11.7 Å². The Bertz CT molecular complexity index is 3150. The summed E-state index contributed by atoms with van der Waals surface area (Å²) in [5.41, 5.74) is 2.74. The number of aryl methyl sites for hydroxylation is 1. The first-order chi connectivity index (χ1) is 48.9. The fourth-order valence-corrected chi connectivity index (χ4v) is 15.3. The van der Waals surface area contributed by atoms with Gasteiger partial charge in [0.2, 0.25) is 17.7 Å². The van der Waals surface area contributed by atoms with Crippen LogP contribution in [0, 0.1) is 35.5 Å². The number of cyclic esters (lactones) is 1. The number of ketones is 3. The van der Waals surface area contributed by atoms with E-state index >= 15 is 0 Å². The number of hydrogen-bond donors (Lipinski definition) is 2. The van der Waals surface area contributed by atoms with Crippen molar-refractivity contribution in [2.24, 2.45) is 35.5 Å². The molecule has 25 heteroatoms. The Labute approximate surface area is 604 Å². The fourth-order valence-electron chi connectivity index (χ4n) is 15.3. The van der Waals surface area contributed by atoms with Crippen LogP contribution >= 0.6 is 0 Å². The third-order valence-corrected chi connectivity index (χ3v) is 22.0. The number of piperazine rings is 2.